The maximum Gasteiger partial charge on any atom is 0.181 e. The molecule has 0 unspecified atom stereocenters. The maximum absolute atomic E-state index is 11.9. The van der Waals surface area contributed by atoms with E-state index in [2.05, 4.69) is 61.7 Å². The summed E-state index contributed by atoms with van der Waals surface area (Å²) in [6.07, 6.45) is 2.71. The molecular formula is C30H28O5S4. The lowest BCUT2D eigenvalue weighted by molar-refractivity contribution is 0.597. The van der Waals surface area contributed by atoms with Crippen LogP contribution < -0.4 is 0 Å². The molecule has 4 aromatic rings. The van der Waals surface area contributed by atoms with Crippen molar-refractivity contribution in [2.45, 2.75) is 19.6 Å². The Bertz CT molecular complexity index is 1430. The zero-order chi connectivity index (χ0) is 28.1. The fourth-order valence-electron chi connectivity index (χ4n) is 3.26. The smallest absolute Gasteiger partial charge is 0.181 e. The lowest BCUT2D eigenvalue weighted by atomic mass is 10.1. The van der Waals surface area contributed by atoms with Gasteiger partial charge in [-0.1, -0.05) is 72.8 Å². The van der Waals surface area contributed by atoms with E-state index >= 15 is 0 Å². The molecule has 0 aliphatic heterocycles. The second-order valence-electron chi connectivity index (χ2n) is 8.05. The molecule has 0 spiro atoms. The van der Waals surface area contributed by atoms with Crippen molar-refractivity contribution in [3.63, 3.8) is 0 Å². The Morgan fingerprint density at radius 3 is 1.18 bits per heavy atom. The summed E-state index contributed by atoms with van der Waals surface area (Å²) in [5.74, 6) is -0.214. The normalized spacial score (nSPS) is 11.2. The van der Waals surface area contributed by atoms with E-state index in [4.69, 9.17) is 3.63 Å². The summed E-state index contributed by atoms with van der Waals surface area (Å²) in [5.41, 5.74) is 2.55. The van der Waals surface area contributed by atoms with E-state index in [1.807, 2.05) is 12.1 Å². The van der Waals surface area contributed by atoms with Crippen LogP contribution in [0.15, 0.2) is 154 Å². The first-order chi connectivity index (χ1) is 18.7. The van der Waals surface area contributed by atoms with Crippen molar-refractivity contribution in [2.24, 2.45) is 0 Å². The van der Waals surface area contributed by atoms with Gasteiger partial charge < -0.3 is 0 Å². The van der Waals surface area contributed by atoms with Gasteiger partial charge in [0.25, 0.3) is 0 Å². The fourth-order valence-corrected chi connectivity index (χ4v) is 6.63. The highest BCUT2D eigenvalue weighted by atomic mass is 32.2. The molecule has 0 aromatic heterocycles. The van der Waals surface area contributed by atoms with Crippen molar-refractivity contribution in [1.82, 2.24) is 0 Å². The molecule has 9 heteroatoms. The highest BCUT2D eigenvalue weighted by Crippen LogP contribution is 2.31. The van der Waals surface area contributed by atoms with Gasteiger partial charge >= 0.3 is 0 Å². The molecule has 0 atom stereocenters. The summed E-state index contributed by atoms with van der Waals surface area (Å²) in [6.45, 7) is 6.88. The van der Waals surface area contributed by atoms with Gasteiger partial charge in [0, 0.05) is 33.9 Å². The molecule has 4 aromatic carbocycles. The lowest BCUT2D eigenvalue weighted by Crippen LogP contribution is -2.04. The van der Waals surface area contributed by atoms with Gasteiger partial charge in [-0.05, 0) is 59.7 Å². The highest BCUT2D eigenvalue weighted by molar-refractivity contribution is 8.08. The molecule has 0 heterocycles. The number of benzene rings is 4. The summed E-state index contributed by atoms with van der Waals surface area (Å²) in [6, 6.07) is 33.5. The zero-order valence-corrected chi connectivity index (χ0v) is 24.3. The zero-order valence-electron chi connectivity index (χ0n) is 21.0. The summed E-state index contributed by atoms with van der Waals surface area (Å²) in [5, 5.41) is 0. The monoisotopic (exact) mass is 596 g/mol. The van der Waals surface area contributed by atoms with E-state index in [1.165, 1.54) is 47.5 Å². The third-order valence-corrected chi connectivity index (χ3v) is 9.99. The largest absolute Gasteiger partial charge is 0.237 e. The summed E-state index contributed by atoms with van der Waals surface area (Å²) in [4.78, 5) is 1.95. The predicted molar refractivity (Wildman–Crippen MR) is 162 cm³/mol. The van der Waals surface area contributed by atoms with E-state index in [1.54, 1.807) is 24.3 Å². The summed E-state index contributed by atoms with van der Waals surface area (Å²) < 4.78 is 53.1. The number of hydrogen-bond donors (Lipinski definition) is 0. The van der Waals surface area contributed by atoms with Crippen molar-refractivity contribution >= 4 is 43.8 Å². The molecule has 0 N–H and O–H groups in total. The Kier molecular flexibility index (Phi) is 11.6. The molecular weight excluding hydrogens is 569 g/mol. The van der Waals surface area contributed by atoms with E-state index in [0.717, 1.165) is 33.9 Å². The molecule has 4 rings (SSSR count). The molecule has 0 aliphatic rings. The van der Waals surface area contributed by atoms with Gasteiger partial charge in [0.2, 0.25) is 0 Å². The van der Waals surface area contributed by atoms with Gasteiger partial charge in [-0.15, -0.1) is 13.2 Å². The first-order valence-electron chi connectivity index (χ1n) is 11.7. The van der Waals surface area contributed by atoms with Crippen molar-refractivity contribution in [1.29, 1.82) is 0 Å². The molecule has 0 fully saturated rings. The quantitative estimate of drug-likeness (QED) is 0.130. The van der Waals surface area contributed by atoms with Crippen LogP contribution in [0.3, 0.4) is 0 Å². The third-order valence-electron chi connectivity index (χ3n) is 5.18. The van der Waals surface area contributed by atoms with Gasteiger partial charge in [-0.25, -0.2) is 20.5 Å². The van der Waals surface area contributed by atoms with Crippen LogP contribution in [0.5, 0.6) is 0 Å². The van der Waals surface area contributed by atoms with Crippen molar-refractivity contribution in [2.75, 3.05) is 11.5 Å². The third kappa shape index (κ3) is 9.56. The van der Waals surface area contributed by atoms with Gasteiger partial charge in [0.15, 0.2) is 19.7 Å². The fraction of sp³-hybridized carbons (Fsp3) is 0.0667. The minimum atomic E-state index is -3.34. The molecule has 0 amide bonds. The first-order valence-corrected chi connectivity index (χ1v) is 16.5. The molecule has 0 radical (unpaired) electrons. The van der Waals surface area contributed by atoms with Crippen LogP contribution in [0, 0.1) is 0 Å². The average molecular weight is 597 g/mol. The highest BCUT2D eigenvalue weighted by Gasteiger charge is 2.13. The number of rotatable bonds is 11. The van der Waals surface area contributed by atoms with Gasteiger partial charge in [0.1, 0.15) is 0 Å². The molecule has 0 saturated heterocycles. The van der Waals surface area contributed by atoms with Crippen LogP contribution in [0.25, 0.3) is 11.1 Å². The molecule has 5 nitrogen and oxygen atoms in total. The van der Waals surface area contributed by atoms with E-state index in [0.29, 0.717) is 0 Å². The topological polar surface area (TPSA) is 77.5 Å². The van der Waals surface area contributed by atoms with Gasteiger partial charge in [-0.2, -0.15) is 0 Å². The minimum Gasteiger partial charge on any atom is -0.237 e. The van der Waals surface area contributed by atoms with Crippen LogP contribution in [0.1, 0.15) is 0 Å². The number of hydrogen-bond acceptors (Lipinski definition) is 7. The summed E-state index contributed by atoms with van der Waals surface area (Å²) >= 11 is 2.16. The Morgan fingerprint density at radius 1 is 0.538 bits per heavy atom. The van der Waals surface area contributed by atoms with Crippen LogP contribution in [-0.4, -0.2) is 28.3 Å². The van der Waals surface area contributed by atoms with Crippen LogP contribution in [0.4, 0.5) is 0 Å². The second kappa shape index (κ2) is 14.9. The van der Waals surface area contributed by atoms with Crippen molar-refractivity contribution in [3.8, 4) is 11.1 Å². The Morgan fingerprint density at radius 2 is 0.872 bits per heavy atom. The lowest BCUT2D eigenvalue weighted by Gasteiger charge is -2.05. The first kappa shape index (κ1) is 30.5. The molecule has 0 bridgehead atoms. The average Bonchev–Trinajstić information content (AvgIpc) is 2.95. The Hall–Kier alpha value is -3.08. The van der Waals surface area contributed by atoms with E-state index in [-0.39, 0.29) is 21.3 Å². The van der Waals surface area contributed by atoms with Crippen molar-refractivity contribution in [3.05, 3.63) is 135 Å². The minimum absolute atomic E-state index is 0.107. The molecule has 39 heavy (non-hydrogen) atoms. The molecule has 202 valence electrons. The predicted octanol–water partition coefficient (Wildman–Crippen LogP) is 7.69. The van der Waals surface area contributed by atoms with Crippen LogP contribution in [0.2, 0.25) is 0 Å². The summed E-state index contributed by atoms with van der Waals surface area (Å²) in [7, 11) is -6.68. The van der Waals surface area contributed by atoms with E-state index in [9.17, 15) is 16.8 Å². The van der Waals surface area contributed by atoms with E-state index < -0.39 is 19.7 Å². The van der Waals surface area contributed by atoms with Crippen molar-refractivity contribution < 1.29 is 20.5 Å². The number of sulfone groups is 2. The maximum atomic E-state index is 11.9. The standard InChI is InChI=1S/C18H18O5S4.C12H10/c1-3-13-26(19,20)17-9-5-15(6-10-17)24-23-25-16-7-11-18(12-8-16)27(21,22)14-4-2;1-3-7-11(8-4-1)12-9-5-2-6-10-12/h3-12H,1-2,13-14H2;1-10H. The molecule has 0 saturated carbocycles. The van der Waals surface area contributed by atoms with Gasteiger partial charge in [-0.3, -0.25) is 0 Å². The molecule has 0 aliphatic carbocycles. The Labute approximate surface area is 239 Å². The van der Waals surface area contributed by atoms with Crippen LogP contribution in [-0.2, 0) is 23.3 Å². The van der Waals surface area contributed by atoms with Crippen LogP contribution >= 0.6 is 24.1 Å². The van der Waals surface area contributed by atoms with Gasteiger partial charge in [0.05, 0.1) is 21.3 Å². The second-order valence-corrected chi connectivity index (χ2v) is 13.9. The Balaban J connectivity index is 0.000000289. The SMILES string of the molecule is C=CCS(=O)(=O)c1ccc(SOSc2ccc(S(=O)(=O)CC=C)cc2)cc1.c1ccc(-c2ccccc2)cc1.